The van der Waals surface area contributed by atoms with Crippen molar-refractivity contribution in [3.05, 3.63) is 0 Å². The third kappa shape index (κ3) is 2.87. The molecule has 2 rings (SSSR count). The number of nitrogens with zero attached hydrogens (tertiary/aromatic N) is 1. The van der Waals surface area contributed by atoms with Gasteiger partial charge in [0, 0.05) is 13.1 Å². The Hall–Kier alpha value is -0.180. The Morgan fingerprint density at radius 1 is 1.28 bits per heavy atom. The van der Waals surface area contributed by atoms with E-state index in [2.05, 4.69) is 0 Å². The van der Waals surface area contributed by atoms with Gasteiger partial charge in [-0.3, -0.25) is 0 Å². The standard InChI is InChI=1S/C10H19NO5S2/c1-10(12)3-5-11(6-4-10)18(15,16)9-2-7-17(13,14)8-9/h9,12H,2-8H2,1H3. The zero-order valence-corrected chi connectivity index (χ0v) is 12.0. The van der Waals surface area contributed by atoms with Crippen LogP contribution in [0.3, 0.4) is 0 Å². The van der Waals surface area contributed by atoms with Gasteiger partial charge in [0.2, 0.25) is 10.0 Å². The Labute approximate surface area is 108 Å². The molecule has 2 heterocycles. The molecule has 0 aromatic carbocycles. The first-order chi connectivity index (χ1) is 8.12. The second-order valence-corrected chi connectivity index (χ2v) is 9.91. The molecule has 2 aliphatic heterocycles. The van der Waals surface area contributed by atoms with Crippen LogP contribution >= 0.6 is 0 Å². The third-order valence-corrected chi connectivity index (χ3v) is 8.08. The maximum absolute atomic E-state index is 12.3. The molecule has 2 aliphatic rings. The van der Waals surface area contributed by atoms with Gasteiger partial charge in [-0.1, -0.05) is 0 Å². The number of piperidine rings is 1. The van der Waals surface area contributed by atoms with Gasteiger partial charge in [0.15, 0.2) is 9.84 Å². The molecule has 0 aromatic rings. The Balaban J connectivity index is 2.09. The summed E-state index contributed by atoms with van der Waals surface area (Å²) in [7, 11) is -6.74. The number of sulfonamides is 1. The van der Waals surface area contributed by atoms with Crippen LogP contribution < -0.4 is 0 Å². The van der Waals surface area contributed by atoms with E-state index in [4.69, 9.17) is 0 Å². The van der Waals surface area contributed by atoms with E-state index in [-0.39, 0.29) is 31.0 Å². The van der Waals surface area contributed by atoms with Gasteiger partial charge in [0.25, 0.3) is 0 Å². The highest BCUT2D eigenvalue weighted by Crippen LogP contribution is 2.28. The van der Waals surface area contributed by atoms with Crippen molar-refractivity contribution in [2.45, 2.75) is 37.0 Å². The summed E-state index contributed by atoms with van der Waals surface area (Å²) in [5.41, 5.74) is -0.812. The summed E-state index contributed by atoms with van der Waals surface area (Å²) in [6.45, 7) is 2.23. The lowest BCUT2D eigenvalue weighted by Gasteiger charge is -2.36. The molecule has 0 amide bonds. The van der Waals surface area contributed by atoms with Crippen molar-refractivity contribution in [1.29, 1.82) is 0 Å². The lowest BCUT2D eigenvalue weighted by Crippen LogP contribution is -2.48. The fourth-order valence-corrected chi connectivity index (χ4v) is 6.96. The first-order valence-electron chi connectivity index (χ1n) is 6.04. The van der Waals surface area contributed by atoms with Crippen LogP contribution in [0.15, 0.2) is 0 Å². The Morgan fingerprint density at radius 2 is 1.83 bits per heavy atom. The molecule has 2 fully saturated rings. The molecule has 0 saturated carbocycles. The van der Waals surface area contributed by atoms with Crippen molar-refractivity contribution in [2.75, 3.05) is 24.6 Å². The average molecular weight is 297 g/mol. The normalized spacial score (nSPS) is 32.4. The van der Waals surface area contributed by atoms with E-state index in [1.165, 1.54) is 4.31 Å². The Kier molecular flexibility index (Phi) is 3.50. The summed E-state index contributed by atoms with van der Waals surface area (Å²) < 4.78 is 48.6. The van der Waals surface area contributed by atoms with E-state index in [1.54, 1.807) is 6.92 Å². The van der Waals surface area contributed by atoms with Crippen LogP contribution in [-0.4, -0.2) is 61.7 Å². The molecule has 1 unspecified atom stereocenters. The van der Waals surface area contributed by atoms with E-state index in [1.807, 2.05) is 0 Å². The van der Waals surface area contributed by atoms with Crippen LogP contribution in [0.5, 0.6) is 0 Å². The molecule has 6 nitrogen and oxygen atoms in total. The summed E-state index contributed by atoms with van der Waals surface area (Å²) in [5.74, 6) is -0.301. The zero-order chi connectivity index (χ0) is 13.6. The molecule has 106 valence electrons. The molecule has 1 atom stereocenters. The van der Waals surface area contributed by atoms with Crippen molar-refractivity contribution >= 4 is 19.9 Å². The minimum absolute atomic E-state index is 0.0392. The fraction of sp³-hybridized carbons (Fsp3) is 1.00. The summed E-state index contributed by atoms with van der Waals surface area (Å²) in [6.07, 6.45) is 0.981. The van der Waals surface area contributed by atoms with Crippen molar-refractivity contribution in [2.24, 2.45) is 0 Å². The summed E-state index contributed by atoms with van der Waals surface area (Å²) in [5, 5.41) is 8.99. The largest absolute Gasteiger partial charge is 0.390 e. The molecule has 18 heavy (non-hydrogen) atoms. The van der Waals surface area contributed by atoms with E-state index >= 15 is 0 Å². The minimum Gasteiger partial charge on any atom is -0.390 e. The van der Waals surface area contributed by atoms with E-state index in [0.717, 1.165) is 0 Å². The number of rotatable bonds is 2. The monoisotopic (exact) mass is 297 g/mol. The second kappa shape index (κ2) is 4.43. The van der Waals surface area contributed by atoms with Crippen LogP contribution in [-0.2, 0) is 19.9 Å². The van der Waals surface area contributed by atoms with Crippen molar-refractivity contribution in [1.82, 2.24) is 4.31 Å². The number of hydrogen-bond acceptors (Lipinski definition) is 5. The molecule has 1 N–H and O–H groups in total. The molecule has 0 bridgehead atoms. The fourth-order valence-electron chi connectivity index (χ4n) is 2.43. The topological polar surface area (TPSA) is 91.8 Å². The van der Waals surface area contributed by atoms with E-state index < -0.39 is 30.7 Å². The Morgan fingerprint density at radius 3 is 2.28 bits per heavy atom. The summed E-state index contributed by atoms with van der Waals surface area (Å²) in [6, 6.07) is 0. The third-order valence-electron chi connectivity index (χ3n) is 3.77. The molecule has 0 aromatic heterocycles. The van der Waals surface area contributed by atoms with Gasteiger partial charge in [-0.2, -0.15) is 0 Å². The van der Waals surface area contributed by atoms with Gasteiger partial charge in [-0.15, -0.1) is 0 Å². The van der Waals surface area contributed by atoms with Gasteiger partial charge in [-0.05, 0) is 26.2 Å². The minimum atomic E-state index is -3.54. The van der Waals surface area contributed by atoms with Crippen LogP contribution in [0.4, 0.5) is 0 Å². The lowest BCUT2D eigenvalue weighted by atomic mass is 9.95. The maximum atomic E-state index is 12.3. The predicted molar refractivity (Wildman–Crippen MR) is 67.4 cm³/mol. The number of hydrogen-bond donors (Lipinski definition) is 1. The summed E-state index contributed by atoms with van der Waals surface area (Å²) in [4.78, 5) is 0. The van der Waals surface area contributed by atoms with E-state index in [0.29, 0.717) is 12.8 Å². The smallest absolute Gasteiger partial charge is 0.218 e. The van der Waals surface area contributed by atoms with Crippen LogP contribution in [0.2, 0.25) is 0 Å². The molecule has 0 spiro atoms. The summed E-state index contributed by atoms with van der Waals surface area (Å²) >= 11 is 0. The number of sulfone groups is 1. The molecular formula is C10H19NO5S2. The van der Waals surface area contributed by atoms with Crippen LogP contribution in [0, 0.1) is 0 Å². The highest BCUT2D eigenvalue weighted by Gasteiger charge is 2.42. The number of aliphatic hydroxyl groups is 1. The van der Waals surface area contributed by atoms with Crippen LogP contribution in [0.25, 0.3) is 0 Å². The Bertz CT molecular complexity index is 512. The highest BCUT2D eigenvalue weighted by atomic mass is 32.2. The predicted octanol–water partition coefficient (Wildman–Crippen LogP) is -0.650. The first kappa shape index (κ1) is 14.2. The molecule has 0 radical (unpaired) electrons. The molecule has 2 saturated heterocycles. The highest BCUT2D eigenvalue weighted by molar-refractivity contribution is 7.95. The first-order valence-corrected chi connectivity index (χ1v) is 9.37. The average Bonchev–Trinajstić information content (AvgIpc) is 2.59. The SMILES string of the molecule is CC1(O)CCN(S(=O)(=O)C2CCS(=O)(=O)C2)CC1. The second-order valence-electron chi connectivity index (χ2n) is 5.47. The van der Waals surface area contributed by atoms with Gasteiger partial charge in [0.1, 0.15) is 0 Å². The van der Waals surface area contributed by atoms with Crippen molar-refractivity contribution < 1.29 is 21.9 Å². The molecule has 0 aliphatic carbocycles. The zero-order valence-electron chi connectivity index (χ0n) is 10.4. The van der Waals surface area contributed by atoms with Gasteiger partial charge in [0.05, 0.1) is 22.4 Å². The van der Waals surface area contributed by atoms with Crippen molar-refractivity contribution in [3.63, 3.8) is 0 Å². The van der Waals surface area contributed by atoms with Crippen molar-refractivity contribution in [3.8, 4) is 0 Å². The molecule has 8 heteroatoms. The maximum Gasteiger partial charge on any atom is 0.218 e. The van der Waals surface area contributed by atoms with Gasteiger partial charge >= 0.3 is 0 Å². The lowest BCUT2D eigenvalue weighted by molar-refractivity contribution is 0.0124. The van der Waals surface area contributed by atoms with E-state index in [9.17, 15) is 21.9 Å². The van der Waals surface area contributed by atoms with Crippen LogP contribution in [0.1, 0.15) is 26.2 Å². The molecular weight excluding hydrogens is 278 g/mol. The van der Waals surface area contributed by atoms with Gasteiger partial charge < -0.3 is 5.11 Å². The van der Waals surface area contributed by atoms with Gasteiger partial charge in [-0.25, -0.2) is 21.1 Å². The quantitative estimate of drug-likeness (QED) is 0.731.